The van der Waals surface area contributed by atoms with Crippen LogP contribution < -0.4 is 17.0 Å². The van der Waals surface area contributed by atoms with Gasteiger partial charge in [-0.15, -0.1) is 0 Å². The van der Waals surface area contributed by atoms with Crippen molar-refractivity contribution in [2.45, 2.75) is 25.1 Å². The lowest BCUT2D eigenvalue weighted by atomic mass is 9.98. The Balaban J connectivity index is 2.37. The first-order valence-corrected chi connectivity index (χ1v) is 5.36. The molecule has 1 aliphatic rings. The van der Waals surface area contributed by atoms with E-state index in [0.29, 0.717) is 11.3 Å². The fourth-order valence-electron chi connectivity index (χ4n) is 1.93. The minimum absolute atomic E-state index is 0.283. The second-order valence-corrected chi connectivity index (χ2v) is 4.32. The van der Waals surface area contributed by atoms with E-state index in [9.17, 15) is 13.2 Å². The van der Waals surface area contributed by atoms with Crippen LogP contribution in [-0.2, 0) is 6.18 Å². The molecule has 1 aromatic rings. The first-order chi connectivity index (χ1) is 7.93. The number of benzene rings is 1. The zero-order chi connectivity index (χ0) is 12.6. The summed E-state index contributed by atoms with van der Waals surface area (Å²) in [7, 11) is 0. The van der Waals surface area contributed by atoms with Crippen LogP contribution in [0.4, 0.5) is 18.9 Å². The number of hydrogen-bond acceptors (Lipinski definition) is 3. The molecule has 17 heavy (non-hydrogen) atoms. The lowest BCUT2D eigenvalue weighted by molar-refractivity contribution is -0.137. The van der Waals surface area contributed by atoms with Crippen molar-refractivity contribution in [3.05, 3.63) is 29.3 Å². The van der Waals surface area contributed by atoms with Gasteiger partial charge >= 0.3 is 6.18 Å². The number of anilines is 1. The summed E-state index contributed by atoms with van der Waals surface area (Å²) in [5, 5.41) is 0. The molecule has 94 valence electrons. The topological polar surface area (TPSA) is 64.1 Å². The van der Waals surface area contributed by atoms with Gasteiger partial charge in [0.15, 0.2) is 0 Å². The molecule has 5 N–H and O–H groups in total. The fraction of sp³-hybridized carbons (Fsp3) is 0.455. The van der Waals surface area contributed by atoms with E-state index >= 15 is 0 Å². The third-order valence-electron chi connectivity index (χ3n) is 3.02. The molecule has 0 aliphatic heterocycles. The second-order valence-electron chi connectivity index (χ2n) is 4.32. The van der Waals surface area contributed by atoms with Gasteiger partial charge in [-0.05, 0) is 42.5 Å². The number of hydrogen-bond donors (Lipinski definition) is 3. The minimum Gasteiger partial charge on any atom is -0.398 e. The molecule has 1 fully saturated rings. The smallest absolute Gasteiger partial charge is 0.398 e. The first kappa shape index (κ1) is 12.2. The van der Waals surface area contributed by atoms with Crippen LogP contribution in [0.25, 0.3) is 0 Å². The van der Waals surface area contributed by atoms with Crippen molar-refractivity contribution in [2.75, 3.05) is 5.73 Å². The van der Waals surface area contributed by atoms with Crippen molar-refractivity contribution in [3.8, 4) is 0 Å². The van der Waals surface area contributed by atoms with Gasteiger partial charge < -0.3 is 5.73 Å². The molecule has 0 heterocycles. The monoisotopic (exact) mass is 245 g/mol. The van der Waals surface area contributed by atoms with Gasteiger partial charge in [-0.1, -0.05) is 0 Å². The third kappa shape index (κ3) is 2.53. The highest BCUT2D eigenvalue weighted by atomic mass is 19.4. The highest BCUT2D eigenvalue weighted by Crippen LogP contribution is 2.43. The summed E-state index contributed by atoms with van der Waals surface area (Å²) in [6, 6.07) is 3.06. The molecule has 1 atom stereocenters. The van der Waals surface area contributed by atoms with E-state index in [1.54, 1.807) is 0 Å². The van der Waals surface area contributed by atoms with Gasteiger partial charge in [-0.3, -0.25) is 11.3 Å². The zero-order valence-electron chi connectivity index (χ0n) is 9.09. The molecule has 2 rings (SSSR count). The molecule has 0 radical (unpaired) electrons. The molecule has 1 saturated carbocycles. The van der Waals surface area contributed by atoms with E-state index in [0.717, 1.165) is 25.0 Å². The van der Waals surface area contributed by atoms with Gasteiger partial charge in [-0.25, -0.2) is 0 Å². The molecule has 0 bridgehead atoms. The predicted octanol–water partition coefficient (Wildman–Crippen LogP) is 2.20. The molecular formula is C11H14F3N3. The molecule has 1 aromatic carbocycles. The van der Waals surface area contributed by atoms with Gasteiger partial charge in [0.1, 0.15) is 0 Å². The van der Waals surface area contributed by atoms with E-state index in [2.05, 4.69) is 5.43 Å². The molecule has 1 unspecified atom stereocenters. The number of nitrogen functional groups attached to an aromatic ring is 1. The Morgan fingerprint density at radius 1 is 1.29 bits per heavy atom. The Bertz CT molecular complexity index is 413. The summed E-state index contributed by atoms with van der Waals surface area (Å²) in [4.78, 5) is 0. The van der Waals surface area contributed by atoms with Crippen molar-refractivity contribution in [2.24, 2.45) is 11.8 Å². The number of hydrazine groups is 1. The summed E-state index contributed by atoms with van der Waals surface area (Å²) >= 11 is 0. The van der Waals surface area contributed by atoms with Gasteiger partial charge in [0.2, 0.25) is 0 Å². The quantitative estimate of drug-likeness (QED) is 0.434. The van der Waals surface area contributed by atoms with Crippen LogP contribution in [0, 0.1) is 5.92 Å². The SMILES string of the molecule is NNC(c1cc(C(F)(F)F)ccc1N)C1CC1. The maximum absolute atomic E-state index is 12.6. The summed E-state index contributed by atoms with van der Waals surface area (Å²) in [6.07, 6.45) is -2.43. The standard InChI is InChI=1S/C11H14F3N3/c12-11(13,14)7-3-4-9(15)8(5-7)10(17-16)6-1-2-6/h3-6,10,17H,1-2,15-16H2. The number of nitrogens with two attached hydrogens (primary N) is 2. The molecule has 0 spiro atoms. The number of alkyl halides is 3. The van der Waals surface area contributed by atoms with Crippen LogP contribution >= 0.6 is 0 Å². The third-order valence-corrected chi connectivity index (χ3v) is 3.02. The Morgan fingerprint density at radius 2 is 1.94 bits per heavy atom. The van der Waals surface area contributed by atoms with E-state index in [1.807, 2.05) is 0 Å². The zero-order valence-corrected chi connectivity index (χ0v) is 9.09. The van der Waals surface area contributed by atoms with Crippen LogP contribution in [0.1, 0.15) is 30.0 Å². The van der Waals surface area contributed by atoms with Crippen molar-refractivity contribution < 1.29 is 13.2 Å². The fourth-order valence-corrected chi connectivity index (χ4v) is 1.93. The summed E-state index contributed by atoms with van der Waals surface area (Å²) in [5.41, 5.74) is 8.35. The predicted molar refractivity (Wildman–Crippen MR) is 58.6 cm³/mol. The molecule has 0 aromatic heterocycles. The highest BCUT2D eigenvalue weighted by molar-refractivity contribution is 5.51. The lowest BCUT2D eigenvalue weighted by Crippen LogP contribution is -2.30. The Morgan fingerprint density at radius 3 is 2.41 bits per heavy atom. The number of halogens is 3. The molecule has 6 heteroatoms. The summed E-state index contributed by atoms with van der Waals surface area (Å²) < 4.78 is 37.8. The highest BCUT2D eigenvalue weighted by Gasteiger charge is 2.35. The average molecular weight is 245 g/mol. The van der Waals surface area contributed by atoms with Crippen molar-refractivity contribution in [1.82, 2.24) is 5.43 Å². The number of nitrogens with one attached hydrogen (secondary N) is 1. The molecule has 1 aliphatic carbocycles. The van der Waals surface area contributed by atoms with Gasteiger partial charge in [-0.2, -0.15) is 13.2 Å². The van der Waals surface area contributed by atoms with Crippen LogP contribution in [-0.4, -0.2) is 0 Å². The van der Waals surface area contributed by atoms with Gasteiger partial charge in [0.05, 0.1) is 11.6 Å². The molecule has 0 saturated heterocycles. The second kappa shape index (κ2) is 4.19. The lowest BCUT2D eigenvalue weighted by Gasteiger charge is -2.19. The first-order valence-electron chi connectivity index (χ1n) is 5.36. The van der Waals surface area contributed by atoms with Crippen LogP contribution in [0.3, 0.4) is 0 Å². The summed E-state index contributed by atoms with van der Waals surface area (Å²) in [6.45, 7) is 0. The van der Waals surface area contributed by atoms with E-state index in [1.165, 1.54) is 6.07 Å². The van der Waals surface area contributed by atoms with Crippen molar-refractivity contribution >= 4 is 5.69 Å². The van der Waals surface area contributed by atoms with Crippen molar-refractivity contribution in [3.63, 3.8) is 0 Å². The van der Waals surface area contributed by atoms with Crippen molar-refractivity contribution in [1.29, 1.82) is 0 Å². The number of rotatable bonds is 3. The Kier molecular flexibility index (Phi) is 3.01. The minimum atomic E-state index is -4.36. The van der Waals surface area contributed by atoms with E-state index in [4.69, 9.17) is 11.6 Å². The maximum atomic E-state index is 12.6. The average Bonchev–Trinajstić information content (AvgIpc) is 3.04. The van der Waals surface area contributed by atoms with Gasteiger partial charge in [0, 0.05) is 5.69 Å². The molecular weight excluding hydrogens is 231 g/mol. The van der Waals surface area contributed by atoms with Crippen LogP contribution in [0.15, 0.2) is 18.2 Å². The normalized spacial score (nSPS) is 18.1. The van der Waals surface area contributed by atoms with Gasteiger partial charge in [0.25, 0.3) is 0 Å². The maximum Gasteiger partial charge on any atom is 0.416 e. The van der Waals surface area contributed by atoms with Crippen LogP contribution in [0.5, 0.6) is 0 Å². The Hall–Kier alpha value is -1.27. The molecule has 3 nitrogen and oxygen atoms in total. The van der Waals surface area contributed by atoms with E-state index < -0.39 is 11.7 Å². The van der Waals surface area contributed by atoms with Crippen LogP contribution in [0.2, 0.25) is 0 Å². The summed E-state index contributed by atoms with van der Waals surface area (Å²) in [5.74, 6) is 5.67. The Labute approximate surface area is 96.9 Å². The molecule has 0 amide bonds. The van der Waals surface area contributed by atoms with E-state index in [-0.39, 0.29) is 12.0 Å². The largest absolute Gasteiger partial charge is 0.416 e.